The van der Waals surface area contributed by atoms with Crippen LogP contribution in [-0.4, -0.2) is 37.0 Å². The number of hydrogen-bond donors (Lipinski definition) is 1. The molecule has 24 heavy (non-hydrogen) atoms. The van der Waals surface area contributed by atoms with Crippen LogP contribution >= 0.6 is 31.9 Å². The molecule has 0 amide bonds. The zero-order valence-corrected chi connectivity index (χ0v) is 15.6. The number of phenolic OH excluding ortho intramolecular Hbond substituents is 1. The molecule has 0 spiro atoms. The number of aromatic hydroxyl groups is 1. The Morgan fingerprint density at radius 3 is 2.21 bits per heavy atom. The Bertz CT molecular complexity index is 729. The zero-order chi connectivity index (χ0) is 17.5. The van der Waals surface area contributed by atoms with Crippen LogP contribution in [-0.2, 0) is 4.74 Å². The predicted molar refractivity (Wildman–Crippen MR) is 96.0 cm³/mol. The van der Waals surface area contributed by atoms with Crippen LogP contribution in [0, 0.1) is 0 Å². The van der Waals surface area contributed by atoms with Crippen LogP contribution in [0.15, 0.2) is 45.3 Å². The van der Waals surface area contributed by atoms with Crippen molar-refractivity contribution in [3.63, 3.8) is 0 Å². The van der Waals surface area contributed by atoms with Gasteiger partial charge < -0.3 is 14.6 Å². The molecule has 1 atom stereocenters. The summed E-state index contributed by atoms with van der Waals surface area (Å²) in [5.41, 5.74) is 0.856. The third-order valence-electron chi connectivity index (χ3n) is 3.04. The maximum Gasteiger partial charge on any atom is 0.153 e. The molecule has 1 N–H and O–H groups in total. The van der Waals surface area contributed by atoms with Crippen molar-refractivity contribution < 1.29 is 24.2 Å². The lowest BCUT2D eigenvalue weighted by molar-refractivity contribution is 0.111. The van der Waals surface area contributed by atoms with E-state index in [1.807, 2.05) is 6.07 Å². The number of hydrogen-bond acceptors (Lipinski definition) is 5. The second-order valence-electron chi connectivity index (χ2n) is 4.89. The normalized spacial score (nSPS) is 15.0. The molecular weight excluding hydrogens is 444 g/mol. The van der Waals surface area contributed by atoms with Crippen LogP contribution in [0.1, 0.15) is 20.7 Å². The summed E-state index contributed by atoms with van der Waals surface area (Å²) in [6, 6.07) is 10.0. The standard InChI is InChI=1S/C10H9BrO3.C7H5BrO2/c11-8-1-2-10(7(3-8)4-12)14-6-9-5-13-9;8-6-1-2-7(10)5(3-6)4-9/h1-4,9H,5-6H2;1-4,10H/t9-;/m1./s1. The van der Waals surface area contributed by atoms with Crippen LogP contribution in [0.25, 0.3) is 0 Å². The van der Waals surface area contributed by atoms with Crippen molar-refractivity contribution in [2.24, 2.45) is 0 Å². The Balaban J connectivity index is 0.000000185. The van der Waals surface area contributed by atoms with Crippen molar-refractivity contribution in [2.75, 3.05) is 13.2 Å². The molecule has 1 fully saturated rings. The molecule has 1 aliphatic heterocycles. The molecule has 5 nitrogen and oxygen atoms in total. The second kappa shape index (κ2) is 8.96. The smallest absolute Gasteiger partial charge is 0.153 e. The van der Waals surface area contributed by atoms with Gasteiger partial charge in [-0.25, -0.2) is 0 Å². The first-order valence-electron chi connectivity index (χ1n) is 6.96. The number of halogens is 2. The highest BCUT2D eigenvalue weighted by atomic mass is 79.9. The summed E-state index contributed by atoms with van der Waals surface area (Å²) < 4.78 is 12.1. The summed E-state index contributed by atoms with van der Waals surface area (Å²) in [4.78, 5) is 20.9. The average Bonchev–Trinajstić information content (AvgIpc) is 3.40. The molecule has 7 heteroatoms. The summed E-state index contributed by atoms with van der Waals surface area (Å²) >= 11 is 6.46. The number of carbonyl (C=O) groups is 2. The molecule has 0 aliphatic carbocycles. The van der Waals surface area contributed by atoms with Gasteiger partial charge in [0, 0.05) is 8.95 Å². The van der Waals surface area contributed by atoms with Crippen molar-refractivity contribution >= 4 is 44.4 Å². The number of benzene rings is 2. The molecule has 0 radical (unpaired) electrons. The maximum absolute atomic E-state index is 10.7. The zero-order valence-electron chi connectivity index (χ0n) is 12.4. The Labute approximate surface area is 155 Å². The fraction of sp³-hybridized carbons (Fsp3) is 0.176. The van der Waals surface area contributed by atoms with E-state index in [0.717, 1.165) is 21.8 Å². The highest BCUT2D eigenvalue weighted by Crippen LogP contribution is 2.23. The van der Waals surface area contributed by atoms with Crippen molar-refractivity contribution in [1.82, 2.24) is 0 Å². The maximum atomic E-state index is 10.7. The van der Waals surface area contributed by atoms with Gasteiger partial charge in [-0.2, -0.15) is 0 Å². The summed E-state index contributed by atoms with van der Waals surface area (Å²) in [5.74, 6) is 0.622. The van der Waals surface area contributed by atoms with Crippen LogP contribution in [0.2, 0.25) is 0 Å². The van der Waals surface area contributed by atoms with Crippen LogP contribution < -0.4 is 4.74 Å². The quantitative estimate of drug-likeness (QED) is 0.542. The van der Waals surface area contributed by atoms with E-state index in [2.05, 4.69) is 31.9 Å². The van der Waals surface area contributed by atoms with E-state index in [9.17, 15) is 9.59 Å². The second-order valence-corrected chi connectivity index (χ2v) is 6.72. The highest BCUT2D eigenvalue weighted by Gasteiger charge is 2.23. The summed E-state index contributed by atoms with van der Waals surface area (Å²) in [5, 5.41) is 8.98. The fourth-order valence-electron chi connectivity index (χ4n) is 1.71. The van der Waals surface area contributed by atoms with Gasteiger partial charge in [-0.05, 0) is 36.4 Å². The fourth-order valence-corrected chi connectivity index (χ4v) is 2.47. The van der Waals surface area contributed by atoms with E-state index < -0.39 is 0 Å². The molecule has 1 saturated heterocycles. The number of carbonyl (C=O) groups excluding carboxylic acids is 2. The van der Waals surface area contributed by atoms with Gasteiger partial charge in [0.25, 0.3) is 0 Å². The van der Waals surface area contributed by atoms with Gasteiger partial charge in [0.1, 0.15) is 24.2 Å². The Hall–Kier alpha value is -1.70. The van der Waals surface area contributed by atoms with Crippen LogP contribution in [0.5, 0.6) is 11.5 Å². The van der Waals surface area contributed by atoms with E-state index in [4.69, 9.17) is 14.6 Å². The molecule has 0 unspecified atom stereocenters. The molecule has 0 bridgehead atoms. The van der Waals surface area contributed by atoms with Crippen molar-refractivity contribution in [1.29, 1.82) is 0 Å². The first-order valence-corrected chi connectivity index (χ1v) is 8.55. The van der Waals surface area contributed by atoms with Crippen molar-refractivity contribution in [2.45, 2.75) is 6.10 Å². The van der Waals surface area contributed by atoms with E-state index in [1.165, 1.54) is 6.07 Å². The largest absolute Gasteiger partial charge is 0.507 e. The predicted octanol–water partition coefficient (Wildman–Crippen LogP) is 4.01. The number of rotatable bonds is 5. The van der Waals surface area contributed by atoms with Gasteiger partial charge in [-0.1, -0.05) is 31.9 Å². The molecule has 126 valence electrons. The molecule has 2 aromatic rings. The van der Waals surface area contributed by atoms with Gasteiger partial charge in [0.15, 0.2) is 12.6 Å². The lowest BCUT2D eigenvalue weighted by atomic mass is 10.2. The first kappa shape index (κ1) is 18.6. The summed E-state index contributed by atoms with van der Waals surface area (Å²) in [7, 11) is 0. The number of phenols is 1. The number of aldehydes is 2. The van der Waals surface area contributed by atoms with Gasteiger partial charge in [-0.15, -0.1) is 0 Å². The number of ether oxygens (including phenoxy) is 2. The van der Waals surface area contributed by atoms with E-state index >= 15 is 0 Å². The molecule has 0 aromatic heterocycles. The molecule has 1 aliphatic rings. The first-order chi connectivity index (χ1) is 11.5. The minimum Gasteiger partial charge on any atom is -0.507 e. The van der Waals surface area contributed by atoms with Crippen molar-refractivity contribution in [3.05, 3.63) is 56.5 Å². The van der Waals surface area contributed by atoms with E-state index in [0.29, 0.717) is 29.8 Å². The minimum absolute atomic E-state index is 0.0122. The molecule has 0 saturated carbocycles. The highest BCUT2D eigenvalue weighted by molar-refractivity contribution is 9.10. The molecule has 1 heterocycles. The monoisotopic (exact) mass is 456 g/mol. The molecular formula is C17H14Br2O5. The van der Waals surface area contributed by atoms with Crippen LogP contribution in [0.4, 0.5) is 0 Å². The number of epoxide rings is 1. The van der Waals surface area contributed by atoms with E-state index in [1.54, 1.807) is 24.3 Å². The Morgan fingerprint density at radius 2 is 1.67 bits per heavy atom. The third kappa shape index (κ3) is 5.74. The molecule has 3 rings (SSSR count). The van der Waals surface area contributed by atoms with Crippen LogP contribution in [0.3, 0.4) is 0 Å². The molecule has 2 aromatic carbocycles. The lowest BCUT2D eigenvalue weighted by Crippen LogP contribution is -2.05. The van der Waals surface area contributed by atoms with Crippen molar-refractivity contribution in [3.8, 4) is 11.5 Å². The Morgan fingerprint density at radius 1 is 1.08 bits per heavy atom. The van der Waals surface area contributed by atoms with Gasteiger partial charge >= 0.3 is 0 Å². The lowest BCUT2D eigenvalue weighted by Gasteiger charge is -2.06. The van der Waals surface area contributed by atoms with Gasteiger partial charge in [-0.3, -0.25) is 9.59 Å². The summed E-state index contributed by atoms with van der Waals surface area (Å²) in [6.07, 6.45) is 1.60. The topological polar surface area (TPSA) is 76.1 Å². The third-order valence-corrected chi connectivity index (χ3v) is 4.03. The van der Waals surface area contributed by atoms with Gasteiger partial charge in [0.2, 0.25) is 0 Å². The summed E-state index contributed by atoms with van der Waals surface area (Å²) in [6.45, 7) is 1.27. The SMILES string of the molecule is O=Cc1cc(Br)ccc1O.O=Cc1cc(Br)ccc1OC[C@H]1CO1. The Kier molecular flexibility index (Phi) is 6.96. The van der Waals surface area contributed by atoms with Gasteiger partial charge in [0.05, 0.1) is 17.7 Å². The van der Waals surface area contributed by atoms with E-state index in [-0.39, 0.29) is 11.9 Å². The average molecular weight is 458 g/mol. The minimum atomic E-state index is 0.0122.